The molecule has 4 rings (SSSR count). The van der Waals surface area contributed by atoms with E-state index in [0.29, 0.717) is 16.4 Å². The Kier molecular flexibility index (Phi) is 6.27. The molecule has 2 aromatic heterocycles. The molecular weight excluding hydrogens is 475 g/mol. The first-order chi connectivity index (χ1) is 15.6. The molecule has 0 aliphatic heterocycles. The third-order valence-electron chi connectivity index (χ3n) is 5.01. The molecule has 0 atom stereocenters. The van der Waals surface area contributed by atoms with Crippen molar-refractivity contribution in [2.24, 2.45) is 0 Å². The molecule has 170 valence electrons. The molecular formula is C23H17ClF3N3O2S. The molecule has 0 radical (unpaired) electrons. The molecule has 0 saturated carbocycles. The molecule has 0 fully saturated rings. The van der Waals surface area contributed by atoms with Crippen molar-refractivity contribution in [3.8, 4) is 22.8 Å². The maximum Gasteiger partial charge on any atom is 0.446 e. The van der Waals surface area contributed by atoms with Crippen LogP contribution in [0.25, 0.3) is 16.9 Å². The standard InChI is InChI=1S/C23H17ClF3N3O2S/c1-14-21(31)30(16-6-8-17(9-7-16)33-23(25,26)27)22(32)29(14)13-15-10-11-28-20(12-15)18-4-2-3-5-19(18)24/h2-12,31H,13H2,1H3. The van der Waals surface area contributed by atoms with Gasteiger partial charge >= 0.3 is 11.2 Å². The normalized spacial score (nSPS) is 11.7. The van der Waals surface area contributed by atoms with E-state index in [4.69, 9.17) is 11.6 Å². The summed E-state index contributed by atoms with van der Waals surface area (Å²) in [7, 11) is 0. The summed E-state index contributed by atoms with van der Waals surface area (Å²) in [5.41, 5.74) is -2.18. The number of aromatic nitrogens is 3. The maximum absolute atomic E-state index is 13.1. The number of rotatable bonds is 5. The SMILES string of the molecule is Cc1c(O)n(-c2ccc(SC(F)(F)F)cc2)c(=O)n1Cc1ccnc(-c2ccccc2Cl)c1. The molecule has 1 N–H and O–H groups in total. The van der Waals surface area contributed by atoms with E-state index in [1.165, 1.54) is 28.8 Å². The van der Waals surface area contributed by atoms with Gasteiger partial charge < -0.3 is 5.11 Å². The Morgan fingerprint density at radius 1 is 1.09 bits per heavy atom. The van der Waals surface area contributed by atoms with Crippen molar-refractivity contribution in [1.29, 1.82) is 0 Å². The highest BCUT2D eigenvalue weighted by Gasteiger charge is 2.29. The number of nitrogens with zero attached hydrogens (tertiary/aromatic N) is 3. The smallest absolute Gasteiger partial charge is 0.446 e. The fraction of sp³-hybridized carbons (Fsp3) is 0.130. The highest BCUT2D eigenvalue weighted by atomic mass is 35.5. The lowest BCUT2D eigenvalue weighted by atomic mass is 10.1. The molecule has 2 aromatic carbocycles. The van der Waals surface area contributed by atoms with E-state index in [-0.39, 0.29) is 34.8 Å². The van der Waals surface area contributed by atoms with Crippen LogP contribution in [0.4, 0.5) is 13.2 Å². The van der Waals surface area contributed by atoms with Gasteiger partial charge in [-0.05, 0) is 66.7 Å². The number of halogens is 4. The van der Waals surface area contributed by atoms with E-state index in [0.717, 1.165) is 15.7 Å². The molecule has 10 heteroatoms. The van der Waals surface area contributed by atoms with Gasteiger partial charge in [0, 0.05) is 21.7 Å². The predicted molar refractivity (Wildman–Crippen MR) is 122 cm³/mol. The highest BCUT2D eigenvalue weighted by Crippen LogP contribution is 2.37. The van der Waals surface area contributed by atoms with E-state index in [1.54, 1.807) is 25.3 Å². The van der Waals surface area contributed by atoms with Crippen LogP contribution in [0.5, 0.6) is 5.88 Å². The minimum atomic E-state index is -4.41. The van der Waals surface area contributed by atoms with Crippen molar-refractivity contribution >= 4 is 23.4 Å². The second-order valence-corrected chi connectivity index (χ2v) is 8.73. The van der Waals surface area contributed by atoms with Gasteiger partial charge in [-0.25, -0.2) is 9.36 Å². The number of benzene rings is 2. The van der Waals surface area contributed by atoms with Crippen LogP contribution in [-0.2, 0) is 6.54 Å². The third-order valence-corrected chi connectivity index (χ3v) is 6.07. The maximum atomic E-state index is 13.1. The minimum Gasteiger partial charge on any atom is -0.493 e. The lowest BCUT2D eigenvalue weighted by Crippen LogP contribution is -2.24. The zero-order valence-electron chi connectivity index (χ0n) is 17.2. The summed E-state index contributed by atoms with van der Waals surface area (Å²) in [5.74, 6) is -0.281. The van der Waals surface area contributed by atoms with Crippen LogP contribution >= 0.6 is 23.4 Å². The van der Waals surface area contributed by atoms with Crippen LogP contribution < -0.4 is 5.69 Å². The molecule has 0 saturated heterocycles. The topological polar surface area (TPSA) is 60.1 Å². The molecule has 0 aliphatic rings. The first-order valence-electron chi connectivity index (χ1n) is 9.71. The van der Waals surface area contributed by atoms with Gasteiger partial charge in [0.15, 0.2) is 0 Å². The Bertz CT molecular complexity index is 1360. The van der Waals surface area contributed by atoms with Crippen molar-refractivity contribution in [3.63, 3.8) is 0 Å². The van der Waals surface area contributed by atoms with E-state index >= 15 is 0 Å². The quantitative estimate of drug-likeness (QED) is 0.346. The van der Waals surface area contributed by atoms with Crippen LogP contribution in [0, 0.1) is 6.92 Å². The summed E-state index contributed by atoms with van der Waals surface area (Å²) >= 11 is 6.02. The van der Waals surface area contributed by atoms with Gasteiger partial charge in [-0.1, -0.05) is 29.8 Å². The highest BCUT2D eigenvalue weighted by molar-refractivity contribution is 8.00. The number of hydrogen-bond acceptors (Lipinski definition) is 4. The van der Waals surface area contributed by atoms with Crippen LogP contribution in [0.15, 0.2) is 76.6 Å². The third kappa shape index (κ3) is 4.94. The number of thioether (sulfide) groups is 1. The molecule has 0 spiro atoms. The molecule has 0 amide bonds. The summed E-state index contributed by atoms with van der Waals surface area (Å²) in [6.45, 7) is 1.75. The fourth-order valence-corrected chi connectivity index (χ4v) is 4.20. The Balaban J connectivity index is 1.66. The molecule has 0 aliphatic carbocycles. The van der Waals surface area contributed by atoms with Crippen molar-refractivity contribution in [3.05, 3.63) is 93.6 Å². The van der Waals surface area contributed by atoms with E-state index in [1.807, 2.05) is 24.3 Å². The summed E-state index contributed by atoms with van der Waals surface area (Å²) in [6, 6.07) is 16.1. The largest absolute Gasteiger partial charge is 0.493 e. The molecule has 33 heavy (non-hydrogen) atoms. The van der Waals surface area contributed by atoms with Gasteiger partial charge in [0.05, 0.1) is 23.6 Å². The second-order valence-electron chi connectivity index (χ2n) is 7.18. The average molecular weight is 492 g/mol. The average Bonchev–Trinajstić information content (AvgIpc) is 2.97. The van der Waals surface area contributed by atoms with Gasteiger partial charge in [0.25, 0.3) is 0 Å². The van der Waals surface area contributed by atoms with Crippen molar-refractivity contribution in [2.45, 2.75) is 23.9 Å². The van der Waals surface area contributed by atoms with E-state index in [9.17, 15) is 23.1 Å². The van der Waals surface area contributed by atoms with Gasteiger partial charge in [-0.15, -0.1) is 0 Å². The zero-order valence-corrected chi connectivity index (χ0v) is 18.7. The van der Waals surface area contributed by atoms with Gasteiger partial charge in [0.2, 0.25) is 5.88 Å². The number of alkyl halides is 3. The Morgan fingerprint density at radius 2 is 1.79 bits per heavy atom. The van der Waals surface area contributed by atoms with E-state index < -0.39 is 11.2 Å². The molecule has 2 heterocycles. The van der Waals surface area contributed by atoms with Gasteiger partial charge in [-0.2, -0.15) is 13.2 Å². The summed E-state index contributed by atoms with van der Waals surface area (Å²) in [4.78, 5) is 17.4. The number of imidazole rings is 1. The van der Waals surface area contributed by atoms with Crippen LogP contribution in [0.3, 0.4) is 0 Å². The molecule has 0 bridgehead atoms. The number of hydrogen-bond donors (Lipinski definition) is 1. The van der Waals surface area contributed by atoms with Crippen molar-refractivity contribution in [2.75, 3.05) is 0 Å². The lowest BCUT2D eigenvalue weighted by Gasteiger charge is -2.08. The first kappa shape index (κ1) is 23.0. The summed E-state index contributed by atoms with van der Waals surface area (Å²) < 4.78 is 40.2. The number of aromatic hydroxyl groups is 1. The molecule has 0 unspecified atom stereocenters. The van der Waals surface area contributed by atoms with Gasteiger partial charge in [-0.3, -0.25) is 9.55 Å². The first-order valence-corrected chi connectivity index (χ1v) is 10.9. The monoisotopic (exact) mass is 491 g/mol. The lowest BCUT2D eigenvalue weighted by molar-refractivity contribution is -0.0328. The summed E-state index contributed by atoms with van der Waals surface area (Å²) in [5, 5.41) is 11.1. The Hall–Kier alpha value is -3.17. The van der Waals surface area contributed by atoms with Crippen LogP contribution in [-0.4, -0.2) is 24.7 Å². The Morgan fingerprint density at radius 3 is 2.45 bits per heavy atom. The van der Waals surface area contributed by atoms with Crippen LogP contribution in [0.1, 0.15) is 11.3 Å². The van der Waals surface area contributed by atoms with Crippen LogP contribution in [0.2, 0.25) is 5.02 Å². The Labute approximate surface area is 196 Å². The van der Waals surface area contributed by atoms with Gasteiger partial charge in [0.1, 0.15) is 0 Å². The second kappa shape index (κ2) is 8.99. The van der Waals surface area contributed by atoms with Crippen molar-refractivity contribution in [1.82, 2.24) is 14.1 Å². The molecule has 4 aromatic rings. The fourth-order valence-electron chi connectivity index (χ4n) is 3.42. The zero-order chi connectivity index (χ0) is 23.8. The summed E-state index contributed by atoms with van der Waals surface area (Å²) in [6.07, 6.45) is 1.61. The predicted octanol–water partition coefficient (Wildman–Crippen LogP) is 6.03. The van der Waals surface area contributed by atoms with E-state index in [2.05, 4.69) is 4.98 Å². The number of pyridine rings is 1. The minimum absolute atomic E-state index is 0.0150. The van der Waals surface area contributed by atoms with Crippen molar-refractivity contribution < 1.29 is 18.3 Å². The molecule has 5 nitrogen and oxygen atoms in total.